The molecule has 0 amide bonds. The molecule has 0 bridgehead atoms. The summed E-state index contributed by atoms with van der Waals surface area (Å²) in [6.07, 6.45) is 4.57. The van der Waals surface area contributed by atoms with E-state index in [1.807, 2.05) is 18.2 Å². The van der Waals surface area contributed by atoms with Gasteiger partial charge in [-0.15, -0.1) is 0 Å². The van der Waals surface area contributed by atoms with Crippen molar-refractivity contribution >= 4 is 10.0 Å². The molecule has 2 fully saturated rings. The van der Waals surface area contributed by atoms with Gasteiger partial charge in [-0.2, -0.15) is 0 Å². The third-order valence-electron chi connectivity index (χ3n) is 5.11. The van der Waals surface area contributed by atoms with Crippen LogP contribution in [0.4, 0.5) is 0 Å². The van der Waals surface area contributed by atoms with Crippen molar-refractivity contribution < 1.29 is 17.9 Å². The average molecular weight is 354 g/mol. The Balaban J connectivity index is 1.44. The minimum Gasteiger partial charge on any atom is -0.375 e. The second-order valence-corrected chi connectivity index (χ2v) is 9.03. The summed E-state index contributed by atoms with van der Waals surface area (Å²) in [6, 6.07) is 5.78. The van der Waals surface area contributed by atoms with Crippen molar-refractivity contribution in [3.63, 3.8) is 0 Å². The summed E-state index contributed by atoms with van der Waals surface area (Å²) in [7, 11) is -3.06. The fourth-order valence-electron chi connectivity index (χ4n) is 3.55. The van der Waals surface area contributed by atoms with Crippen LogP contribution in [0.5, 0.6) is 0 Å². The van der Waals surface area contributed by atoms with Gasteiger partial charge in [0.2, 0.25) is 10.0 Å². The van der Waals surface area contributed by atoms with Crippen LogP contribution in [-0.4, -0.2) is 55.9 Å². The molecular weight excluding hydrogens is 328 g/mol. The molecule has 1 aromatic heterocycles. The average Bonchev–Trinajstić information content (AvgIpc) is 2.99. The number of ether oxygens (including phenoxy) is 2. The fraction of sp³-hybridized carbons (Fsp3) is 0.706. The SMILES string of the molecule is CCS(=O)(=O)N1CCC2(CC1)CO[C@@H](COCc1ccccn1)C2. The summed E-state index contributed by atoms with van der Waals surface area (Å²) in [6.45, 7) is 4.70. The first-order valence-corrected chi connectivity index (χ1v) is 10.2. The van der Waals surface area contributed by atoms with E-state index >= 15 is 0 Å². The van der Waals surface area contributed by atoms with Gasteiger partial charge in [0.25, 0.3) is 0 Å². The first kappa shape index (κ1) is 17.8. The lowest BCUT2D eigenvalue weighted by Crippen LogP contribution is -2.44. The molecule has 1 atom stereocenters. The molecule has 7 heteroatoms. The predicted molar refractivity (Wildman–Crippen MR) is 91.0 cm³/mol. The van der Waals surface area contributed by atoms with Crippen molar-refractivity contribution in [1.29, 1.82) is 0 Å². The summed E-state index contributed by atoms with van der Waals surface area (Å²) in [5.41, 5.74) is 1.04. The smallest absolute Gasteiger partial charge is 0.213 e. The maximum Gasteiger partial charge on any atom is 0.213 e. The molecular formula is C17H26N2O4S. The molecule has 3 rings (SSSR count). The van der Waals surface area contributed by atoms with Gasteiger partial charge in [-0.3, -0.25) is 4.98 Å². The van der Waals surface area contributed by atoms with E-state index in [9.17, 15) is 8.42 Å². The Morgan fingerprint density at radius 2 is 2.17 bits per heavy atom. The Hall–Kier alpha value is -1.02. The van der Waals surface area contributed by atoms with Crippen LogP contribution in [0.2, 0.25) is 0 Å². The van der Waals surface area contributed by atoms with Crippen LogP contribution in [0.3, 0.4) is 0 Å². The fourth-order valence-corrected chi connectivity index (χ4v) is 4.65. The van der Waals surface area contributed by atoms with Gasteiger partial charge in [0.05, 0.1) is 37.4 Å². The summed E-state index contributed by atoms with van der Waals surface area (Å²) in [5, 5.41) is 0. The lowest BCUT2D eigenvalue weighted by atomic mass is 9.77. The molecule has 24 heavy (non-hydrogen) atoms. The van der Waals surface area contributed by atoms with Crippen molar-refractivity contribution in [2.24, 2.45) is 5.41 Å². The van der Waals surface area contributed by atoms with Gasteiger partial charge in [0, 0.05) is 19.3 Å². The summed E-state index contributed by atoms with van der Waals surface area (Å²) >= 11 is 0. The maximum absolute atomic E-state index is 12.0. The predicted octanol–water partition coefficient (Wildman–Crippen LogP) is 1.82. The highest BCUT2D eigenvalue weighted by Gasteiger charge is 2.43. The molecule has 0 saturated carbocycles. The number of aromatic nitrogens is 1. The van der Waals surface area contributed by atoms with E-state index in [4.69, 9.17) is 9.47 Å². The van der Waals surface area contributed by atoms with Gasteiger partial charge < -0.3 is 9.47 Å². The first-order valence-electron chi connectivity index (χ1n) is 8.60. The number of pyridine rings is 1. The van der Waals surface area contributed by atoms with Crippen molar-refractivity contribution in [2.75, 3.05) is 32.1 Å². The number of hydrogen-bond acceptors (Lipinski definition) is 5. The molecule has 134 valence electrons. The van der Waals surface area contributed by atoms with Gasteiger partial charge >= 0.3 is 0 Å². The molecule has 0 radical (unpaired) electrons. The quantitative estimate of drug-likeness (QED) is 0.779. The molecule has 0 N–H and O–H groups in total. The maximum atomic E-state index is 12.0. The lowest BCUT2D eigenvalue weighted by Gasteiger charge is -2.37. The second-order valence-electron chi connectivity index (χ2n) is 6.77. The van der Waals surface area contributed by atoms with Gasteiger partial charge in [0.15, 0.2) is 0 Å². The number of nitrogens with zero attached hydrogens (tertiary/aromatic N) is 2. The van der Waals surface area contributed by atoms with E-state index in [1.165, 1.54) is 0 Å². The molecule has 2 aliphatic rings. The molecule has 2 aliphatic heterocycles. The van der Waals surface area contributed by atoms with E-state index in [0.717, 1.165) is 25.0 Å². The standard InChI is InChI=1S/C17H26N2O4S/c1-2-24(20,21)19-9-6-17(7-10-19)11-16(23-14-17)13-22-12-15-5-3-4-8-18-15/h3-5,8,16H,2,6-7,9-14H2,1H3/t16-/m1/s1. The van der Waals surface area contributed by atoms with Crippen molar-refractivity contribution in [3.8, 4) is 0 Å². The Bertz CT molecular complexity index is 627. The lowest BCUT2D eigenvalue weighted by molar-refractivity contribution is 0.00650. The van der Waals surface area contributed by atoms with Gasteiger partial charge in [-0.1, -0.05) is 6.07 Å². The monoisotopic (exact) mass is 354 g/mol. The van der Waals surface area contributed by atoms with Gasteiger partial charge in [-0.25, -0.2) is 12.7 Å². The van der Waals surface area contributed by atoms with Crippen LogP contribution >= 0.6 is 0 Å². The van der Waals surface area contributed by atoms with Gasteiger partial charge in [0.1, 0.15) is 0 Å². The Kier molecular flexibility index (Phi) is 5.54. The van der Waals surface area contributed by atoms with Crippen molar-refractivity contribution in [1.82, 2.24) is 9.29 Å². The first-order chi connectivity index (χ1) is 11.5. The normalized spacial score (nSPS) is 24.5. The number of sulfonamides is 1. The van der Waals surface area contributed by atoms with Crippen LogP contribution in [-0.2, 0) is 26.1 Å². The van der Waals surface area contributed by atoms with Crippen molar-refractivity contribution in [2.45, 2.75) is 38.9 Å². The zero-order chi connectivity index (χ0) is 17.0. The molecule has 6 nitrogen and oxygen atoms in total. The third-order valence-corrected chi connectivity index (χ3v) is 6.99. The highest BCUT2D eigenvalue weighted by atomic mass is 32.2. The minimum absolute atomic E-state index is 0.100. The van der Waals surface area contributed by atoms with Crippen LogP contribution in [0.25, 0.3) is 0 Å². The third kappa shape index (κ3) is 4.14. The highest BCUT2D eigenvalue weighted by Crippen LogP contribution is 2.42. The molecule has 0 aliphatic carbocycles. The van der Waals surface area contributed by atoms with Crippen LogP contribution in [0, 0.1) is 5.41 Å². The van der Waals surface area contributed by atoms with E-state index in [2.05, 4.69) is 4.98 Å². The van der Waals surface area contributed by atoms with Crippen molar-refractivity contribution in [3.05, 3.63) is 30.1 Å². The van der Waals surface area contributed by atoms with Gasteiger partial charge in [-0.05, 0) is 43.7 Å². The summed E-state index contributed by atoms with van der Waals surface area (Å²) in [4.78, 5) is 4.24. The number of piperidine rings is 1. The largest absolute Gasteiger partial charge is 0.375 e. The van der Waals surface area contributed by atoms with Crippen LogP contribution < -0.4 is 0 Å². The second kappa shape index (κ2) is 7.47. The molecule has 1 spiro atoms. The molecule has 0 aromatic carbocycles. The van der Waals surface area contributed by atoms with E-state index in [0.29, 0.717) is 32.9 Å². The van der Waals surface area contributed by atoms with E-state index in [1.54, 1.807) is 17.4 Å². The number of rotatable bonds is 6. The Labute approximate surface area is 144 Å². The molecule has 0 unspecified atom stereocenters. The van der Waals surface area contributed by atoms with E-state index in [-0.39, 0.29) is 17.3 Å². The molecule has 2 saturated heterocycles. The minimum atomic E-state index is -3.06. The number of hydrogen-bond donors (Lipinski definition) is 0. The summed E-state index contributed by atoms with van der Waals surface area (Å²) in [5.74, 6) is 0.181. The zero-order valence-electron chi connectivity index (χ0n) is 14.2. The zero-order valence-corrected chi connectivity index (χ0v) is 15.0. The highest BCUT2D eigenvalue weighted by molar-refractivity contribution is 7.89. The van der Waals surface area contributed by atoms with Crippen LogP contribution in [0.1, 0.15) is 31.9 Å². The molecule has 3 heterocycles. The Morgan fingerprint density at radius 1 is 1.38 bits per heavy atom. The Morgan fingerprint density at radius 3 is 2.83 bits per heavy atom. The summed E-state index contributed by atoms with van der Waals surface area (Å²) < 4.78 is 37.2. The van der Waals surface area contributed by atoms with E-state index < -0.39 is 10.0 Å². The van der Waals surface area contributed by atoms with Crippen LogP contribution in [0.15, 0.2) is 24.4 Å². The molecule has 1 aromatic rings. The topological polar surface area (TPSA) is 68.7 Å².